The smallest absolute Gasteiger partial charge is 0.303 e. The second-order valence-corrected chi connectivity index (χ2v) is 6.92. The van der Waals surface area contributed by atoms with E-state index in [2.05, 4.69) is 4.98 Å². The molecule has 1 heterocycles. The summed E-state index contributed by atoms with van der Waals surface area (Å²) in [6.07, 6.45) is 0.0385. The zero-order valence-electron chi connectivity index (χ0n) is 16.3. The number of benzene rings is 2. The number of pyridine rings is 1. The quantitative estimate of drug-likeness (QED) is 0.600. The number of ether oxygens (including phenoxy) is 1. The third-order valence-corrected chi connectivity index (χ3v) is 4.61. The first-order valence-electron chi connectivity index (χ1n) is 9.23. The highest BCUT2D eigenvalue weighted by molar-refractivity contribution is 5.69. The van der Waals surface area contributed by atoms with Crippen LogP contribution in [-0.4, -0.2) is 21.2 Å². The van der Waals surface area contributed by atoms with Gasteiger partial charge in [0, 0.05) is 18.1 Å². The van der Waals surface area contributed by atoms with Crippen molar-refractivity contribution >= 4 is 5.97 Å². The van der Waals surface area contributed by atoms with E-state index in [4.69, 9.17) is 9.84 Å². The minimum atomic E-state index is -0.957. The Morgan fingerprint density at radius 2 is 1.83 bits per heavy atom. The highest BCUT2D eigenvalue weighted by Crippen LogP contribution is 2.30. The molecule has 0 saturated heterocycles. The van der Waals surface area contributed by atoms with Gasteiger partial charge in [-0.1, -0.05) is 18.2 Å². The maximum atomic E-state index is 14.1. The van der Waals surface area contributed by atoms with Gasteiger partial charge in [-0.2, -0.15) is 0 Å². The highest BCUT2D eigenvalue weighted by Gasteiger charge is 2.11. The molecule has 2 aromatic carbocycles. The van der Waals surface area contributed by atoms with Gasteiger partial charge in [0.2, 0.25) is 5.88 Å². The summed E-state index contributed by atoms with van der Waals surface area (Å²) in [5.74, 6) is -0.777. The number of aromatic nitrogens is 1. The first-order chi connectivity index (χ1) is 13.8. The van der Waals surface area contributed by atoms with E-state index in [1.165, 1.54) is 6.07 Å². The number of aromatic hydroxyl groups is 1. The largest absolute Gasteiger partial charge is 0.508 e. The number of hydrogen-bond donors (Lipinski definition) is 2. The molecule has 0 spiro atoms. The molecule has 6 heteroatoms. The number of halogens is 1. The van der Waals surface area contributed by atoms with Gasteiger partial charge < -0.3 is 14.9 Å². The van der Waals surface area contributed by atoms with Crippen molar-refractivity contribution in [2.24, 2.45) is 0 Å². The van der Waals surface area contributed by atoms with E-state index in [1.54, 1.807) is 30.3 Å². The van der Waals surface area contributed by atoms with Crippen molar-refractivity contribution in [3.05, 3.63) is 76.6 Å². The summed E-state index contributed by atoms with van der Waals surface area (Å²) in [6, 6.07) is 13.5. The van der Waals surface area contributed by atoms with Crippen LogP contribution in [0.1, 0.15) is 28.7 Å². The van der Waals surface area contributed by atoms with E-state index in [1.807, 2.05) is 26.0 Å². The van der Waals surface area contributed by atoms with Crippen LogP contribution in [0.4, 0.5) is 4.39 Å². The third-order valence-electron chi connectivity index (χ3n) is 4.61. The number of nitrogens with zero attached hydrogens (tertiary/aromatic N) is 1. The van der Waals surface area contributed by atoms with Gasteiger partial charge in [0.05, 0.1) is 5.69 Å². The molecule has 0 bridgehead atoms. The van der Waals surface area contributed by atoms with E-state index in [9.17, 15) is 14.3 Å². The molecule has 5 nitrogen and oxygen atoms in total. The van der Waals surface area contributed by atoms with Gasteiger partial charge in [-0.05, 0) is 66.8 Å². The van der Waals surface area contributed by atoms with Crippen molar-refractivity contribution in [3.63, 3.8) is 0 Å². The number of aryl methyl sites for hydroxylation is 3. The maximum absolute atomic E-state index is 14.1. The van der Waals surface area contributed by atoms with Gasteiger partial charge in [-0.25, -0.2) is 9.37 Å². The van der Waals surface area contributed by atoms with Gasteiger partial charge in [0.25, 0.3) is 0 Å². The predicted molar refractivity (Wildman–Crippen MR) is 108 cm³/mol. The summed E-state index contributed by atoms with van der Waals surface area (Å²) < 4.78 is 19.9. The summed E-state index contributed by atoms with van der Waals surface area (Å²) in [7, 11) is 0. The molecule has 150 valence electrons. The summed E-state index contributed by atoms with van der Waals surface area (Å²) in [5.41, 5.74) is 4.48. The van der Waals surface area contributed by atoms with Crippen molar-refractivity contribution in [2.45, 2.75) is 33.3 Å². The van der Waals surface area contributed by atoms with Gasteiger partial charge in [-0.3, -0.25) is 4.79 Å². The van der Waals surface area contributed by atoms with Crippen LogP contribution < -0.4 is 4.74 Å². The van der Waals surface area contributed by atoms with Crippen LogP contribution in [0.2, 0.25) is 0 Å². The molecule has 0 radical (unpaired) electrons. The van der Waals surface area contributed by atoms with E-state index in [0.717, 1.165) is 22.4 Å². The second kappa shape index (κ2) is 8.73. The Morgan fingerprint density at radius 1 is 1.10 bits per heavy atom. The average Bonchev–Trinajstić information content (AvgIpc) is 2.65. The standard InChI is InChI=1S/C23H22FNO4/c1-14-10-18(26)11-15(2)23(14)20-4-3-5-21(25-20)29-13-16-6-7-17(19(24)12-16)8-9-22(27)28/h3-7,10-12,26H,8-9,13H2,1-2H3,(H,27,28). The number of carboxylic acid groups (broad SMARTS) is 1. The Balaban J connectivity index is 1.73. The first kappa shape index (κ1) is 20.3. The molecule has 0 fully saturated rings. The molecule has 0 aliphatic carbocycles. The first-order valence-corrected chi connectivity index (χ1v) is 9.23. The lowest BCUT2D eigenvalue weighted by Crippen LogP contribution is -2.02. The predicted octanol–water partition coefficient (Wildman–Crippen LogP) is 4.81. The summed E-state index contributed by atoms with van der Waals surface area (Å²) in [6.45, 7) is 3.96. The molecule has 3 aromatic rings. The van der Waals surface area contributed by atoms with Crippen molar-refractivity contribution in [3.8, 4) is 22.9 Å². The van der Waals surface area contributed by atoms with Crippen molar-refractivity contribution < 1.29 is 24.1 Å². The van der Waals surface area contributed by atoms with Crippen LogP contribution in [0.5, 0.6) is 11.6 Å². The zero-order chi connectivity index (χ0) is 21.0. The van der Waals surface area contributed by atoms with Crippen LogP contribution in [0.3, 0.4) is 0 Å². The molecule has 0 saturated carbocycles. The second-order valence-electron chi connectivity index (χ2n) is 6.92. The summed E-state index contributed by atoms with van der Waals surface area (Å²) in [5, 5.41) is 18.4. The van der Waals surface area contributed by atoms with E-state index in [-0.39, 0.29) is 25.2 Å². The normalized spacial score (nSPS) is 10.7. The molecule has 2 N–H and O–H groups in total. The Morgan fingerprint density at radius 3 is 2.48 bits per heavy atom. The Kier molecular flexibility index (Phi) is 6.12. The number of rotatable bonds is 7. The molecule has 29 heavy (non-hydrogen) atoms. The minimum Gasteiger partial charge on any atom is -0.508 e. The van der Waals surface area contributed by atoms with Gasteiger partial charge in [0.1, 0.15) is 18.2 Å². The van der Waals surface area contributed by atoms with Gasteiger partial charge >= 0.3 is 5.97 Å². The fourth-order valence-corrected chi connectivity index (χ4v) is 3.26. The monoisotopic (exact) mass is 395 g/mol. The number of hydrogen-bond acceptors (Lipinski definition) is 4. The molecule has 0 atom stereocenters. The molecular weight excluding hydrogens is 373 g/mol. The van der Waals surface area contributed by atoms with E-state index >= 15 is 0 Å². The van der Waals surface area contributed by atoms with Gasteiger partial charge in [0.15, 0.2) is 0 Å². The Hall–Kier alpha value is -3.41. The van der Waals surface area contributed by atoms with Crippen molar-refractivity contribution in [1.29, 1.82) is 0 Å². The van der Waals surface area contributed by atoms with Crippen molar-refractivity contribution in [1.82, 2.24) is 4.98 Å². The molecule has 0 unspecified atom stereocenters. The number of aliphatic carboxylic acids is 1. The summed E-state index contributed by atoms with van der Waals surface area (Å²) in [4.78, 5) is 15.2. The minimum absolute atomic E-state index is 0.112. The topological polar surface area (TPSA) is 79.7 Å². The molecule has 3 rings (SSSR count). The van der Waals surface area contributed by atoms with Crippen molar-refractivity contribution in [2.75, 3.05) is 0 Å². The Bertz CT molecular complexity index is 1030. The molecule has 0 amide bonds. The Labute approximate surface area is 168 Å². The fraction of sp³-hybridized carbons (Fsp3) is 0.217. The van der Waals surface area contributed by atoms with E-state index in [0.29, 0.717) is 17.0 Å². The fourth-order valence-electron chi connectivity index (χ4n) is 3.26. The zero-order valence-corrected chi connectivity index (χ0v) is 16.3. The number of phenolic OH excluding ortho intramolecular Hbond substituents is 1. The summed E-state index contributed by atoms with van der Waals surface area (Å²) >= 11 is 0. The molecule has 1 aromatic heterocycles. The maximum Gasteiger partial charge on any atom is 0.303 e. The number of carbonyl (C=O) groups is 1. The molecule has 0 aliphatic heterocycles. The van der Waals surface area contributed by atoms with Crippen LogP contribution in [0.15, 0.2) is 48.5 Å². The lowest BCUT2D eigenvalue weighted by atomic mass is 9.99. The number of carboxylic acids is 1. The van der Waals surface area contributed by atoms with Crippen LogP contribution in [0.25, 0.3) is 11.3 Å². The lowest BCUT2D eigenvalue weighted by Gasteiger charge is -2.12. The van der Waals surface area contributed by atoms with E-state index < -0.39 is 11.8 Å². The average molecular weight is 395 g/mol. The van der Waals surface area contributed by atoms with Crippen LogP contribution in [-0.2, 0) is 17.8 Å². The number of phenols is 1. The van der Waals surface area contributed by atoms with Crippen LogP contribution in [0, 0.1) is 19.7 Å². The molecule has 0 aliphatic rings. The van der Waals surface area contributed by atoms with Crippen LogP contribution >= 0.6 is 0 Å². The van der Waals surface area contributed by atoms with Gasteiger partial charge in [-0.15, -0.1) is 0 Å². The SMILES string of the molecule is Cc1cc(O)cc(C)c1-c1cccc(OCc2ccc(CCC(=O)O)c(F)c2)n1. The highest BCUT2D eigenvalue weighted by atomic mass is 19.1. The third kappa shape index (κ3) is 5.10. The molecular formula is C23H22FNO4. The lowest BCUT2D eigenvalue weighted by molar-refractivity contribution is -0.136.